The van der Waals surface area contributed by atoms with Crippen LogP contribution in [-0.4, -0.2) is 0 Å². The largest absolute Gasteiger partial charge is 0.416 e. The predicted molar refractivity (Wildman–Crippen MR) is 69.9 cm³/mol. The van der Waals surface area contributed by atoms with Crippen LogP contribution in [0, 0.1) is 18.6 Å². The number of alkyl halides is 3. The van der Waals surface area contributed by atoms with E-state index in [0.29, 0.717) is 12.1 Å². The van der Waals surface area contributed by atoms with Crippen LogP contribution in [0.4, 0.5) is 27.6 Å². The molecular weight excluding hydrogens is 289 g/mol. The maximum atomic E-state index is 13.5. The minimum absolute atomic E-state index is 0.105. The lowest BCUT2D eigenvalue weighted by molar-refractivity contribution is -0.137. The van der Waals surface area contributed by atoms with E-state index in [0.717, 1.165) is 11.6 Å². The molecule has 0 saturated heterocycles. The highest BCUT2D eigenvalue weighted by molar-refractivity contribution is 5.48. The second kappa shape index (κ2) is 5.71. The molecule has 2 aromatic rings. The summed E-state index contributed by atoms with van der Waals surface area (Å²) in [5.41, 5.74) is -0.216. The van der Waals surface area contributed by atoms with E-state index in [9.17, 15) is 22.0 Å². The molecule has 0 unspecified atom stereocenters. The van der Waals surface area contributed by atoms with Crippen LogP contribution >= 0.6 is 0 Å². The van der Waals surface area contributed by atoms with Gasteiger partial charge < -0.3 is 5.32 Å². The lowest BCUT2D eigenvalue weighted by Crippen LogP contribution is -2.08. The van der Waals surface area contributed by atoms with Crippen LogP contribution < -0.4 is 5.32 Å². The van der Waals surface area contributed by atoms with Crippen molar-refractivity contribution in [3.05, 3.63) is 64.7 Å². The number of rotatable bonds is 3. The van der Waals surface area contributed by atoms with Crippen molar-refractivity contribution >= 4 is 5.69 Å². The molecule has 0 aromatic heterocycles. The van der Waals surface area contributed by atoms with Gasteiger partial charge in [0.05, 0.1) is 11.3 Å². The molecule has 1 nitrogen and oxygen atoms in total. The van der Waals surface area contributed by atoms with E-state index in [4.69, 9.17) is 0 Å². The molecule has 2 aromatic carbocycles. The van der Waals surface area contributed by atoms with E-state index in [1.54, 1.807) is 19.1 Å². The molecule has 0 atom stereocenters. The van der Waals surface area contributed by atoms with Gasteiger partial charge in [0.25, 0.3) is 0 Å². The number of nitrogens with one attached hydrogen (secondary N) is 1. The third-order valence-electron chi connectivity index (χ3n) is 2.96. The van der Waals surface area contributed by atoms with Crippen molar-refractivity contribution in [3.8, 4) is 0 Å². The van der Waals surface area contributed by atoms with E-state index < -0.39 is 23.4 Å². The molecule has 112 valence electrons. The zero-order valence-corrected chi connectivity index (χ0v) is 11.1. The molecule has 0 bridgehead atoms. The molecule has 0 heterocycles. The summed E-state index contributed by atoms with van der Waals surface area (Å²) in [6.45, 7) is 1.65. The van der Waals surface area contributed by atoms with Crippen molar-refractivity contribution in [2.24, 2.45) is 0 Å². The first-order chi connectivity index (χ1) is 9.77. The minimum Gasteiger partial charge on any atom is -0.378 e. The first kappa shape index (κ1) is 15.3. The van der Waals surface area contributed by atoms with E-state index >= 15 is 0 Å². The Kier molecular flexibility index (Phi) is 4.16. The van der Waals surface area contributed by atoms with E-state index in [1.807, 2.05) is 0 Å². The summed E-state index contributed by atoms with van der Waals surface area (Å²) < 4.78 is 64.8. The van der Waals surface area contributed by atoms with Gasteiger partial charge in [0.2, 0.25) is 0 Å². The van der Waals surface area contributed by atoms with Gasteiger partial charge in [-0.1, -0.05) is 17.7 Å². The summed E-state index contributed by atoms with van der Waals surface area (Å²) in [6, 6.07) is 6.45. The van der Waals surface area contributed by atoms with Gasteiger partial charge in [-0.05, 0) is 31.2 Å². The fraction of sp³-hybridized carbons (Fsp3) is 0.200. The molecule has 1 N–H and O–H groups in total. The smallest absolute Gasteiger partial charge is 0.378 e. The Morgan fingerprint density at radius 3 is 2.29 bits per heavy atom. The van der Waals surface area contributed by atoms with Crippen molar-refractivity contribution in [1.29, 1.82) is 0 Å². The Morgan fingerprint density at radius 2 is 1.62 bits per heavy atom. The lowest BCUT2D eigenvalue weighted by Gasteiger charge is -2.12. The molecule has 0 saturated carbocycles. The normalized spacial score (nSPS) is 11.5. The molecule has 0 amide bonds. The summed E-state index contributed by atoms with van der Waals surface area (Å²) in [5.74, 6) is -1.32. The fourth-order valence-corrected chi connectivity index (χ4v) is 1.87. The summed E-state index contributed by atoms with van der Waals surface area (Å²) in [4.78, 5) is 0. The zero-order valence-electron chi connectivity index (χ0n) is 11.1. The van der Waals surface area contributed by atoms with Crippen LogP contribution in [0.2, 0.25) is 0 Å². The molecular formula is C15H12F5N. The molecule has 0 fully saturated rings. The highest BCUT2D eigenvalue weighted by Crippen LogP contribution is 2.32. The molecule has 2 rings (SSSR count). The predicted octanol–water partition coefficient (Wildman–Crippen LogP) is 4.90. The van der Waals surface area contributed by atoms with Crippen LogP contribution in [0.25, 0.3) is 0 Å². The van der Waals surface area contributed by atoms with Crippen LogP contribution in [-0.2, 0) is 12.7 Å². The Bertz CT molecular complexity index is 649. The highest BCUT2D eigenvalue weighted by Gasteiger charge is 2.31. The topological polar surface area (TPSA) is 12.0 Å². The van der Waals surface area contributed by atoms with Gasteiger partial charge in [0.1, 0.15) is 11.6 Å². The van der Waals surface area contributed by atoms with Crippen molar-refractivity contribution in [1.82, 2.24) is 0 Å². The average Bonchev–Trinajstić information content (AvgIpc) is 2.40. The number of aryl methyl sites for hydroxylation is 1. The second-order valence-electron chi connectivity index (χ2n) is 4.64. The Hall–Kier alpha value is -2.11. The average molecular weight is 301 g/mol. The third kappa shape index (κ3) is 3.71. The molecule has 6 heteroatoms. The highest BCUT2D eigenvalue weighted by atomic mass is 19.4. The number of benzene rings is 2. The Morgan fingerprint density at radius 1 is 0.952 bits per heavy atom. The van der Waals surface area contributed by atoms with Crippen molar-refractivity contribution in [3.63, 3.8) is 0 Å². The molecule has 21 heavy (non-hydrogen) atoms. The molecule has 0 spiro atoms. The maximum Gasteiger partial charge on any atom is 0.416 e. The van der Waals surface area contributed by atoms with Gasteiger partial charge in [-0.3, -0.25) is 0 Å². The minimum atomic E-state index is -4.56. The van der Waals surface area contributed by atoms with Gasteiger partial charge >= 0.3 is 6.18 Å². The van der Waals surface area contributed by atoms with Crippen LogP contribution in [0.3, 0.4) is 0 Å². The van der Waals surface area contributed by atoms with E-state index in [1.165, 1.54) is 6.07 Å². The number of hydrogen-bond acceptors (Lipinski definition) is 1. The quantitative estimate of drug-likeness (QED) is 0.795. The van der Waals surface area contributed by atoms with Crippen LogP contribution in [0.15, 0.2) is 36.4 Å². The first-order valence-corrected chi connectivity index (χ1v) is 6.13. The fourth-order valence-electron chi connectivity index (χ4n) is 1.87. The monoisotopic (exact) mass is 301 g/mol. The van der Waals surface area contributed by atoms with Crippen molar-refractivity contribution in [2.75, 3.05) is 5.32 Å². The third-order valence-corrected chi connectivity index (χ3v) is 2.96. The van der Waals surface area contributed by atoms with Gasteiger partial charge in [0.15, 0.2) is 0 Å². The lowest BCUT2D eigenvalue weighted by atomic mass is 10.1. The Balaban J connectivity index is 2.22. The molecule has 0 aliphatic rings. The number of anilines is 1. The summed E-state index contributed by atoms with van der Waals surface area (Å²) >= 11 is 0. The van der Waals surface area contributed by atoms with E-state index in [2.05, 4.69) is 5.32 Å². The van der Waals surface area contributed by atoms with Gasteiger partial charge in [-0.2, -0.15) is 13.2 Å². The Labute approximate surface area is 118 Å². The van der Waals surface area contributed by atoms with Crippen LogP contribution in [0.5, 0.6) is 0 Å². The number of halogens is 5. The SMILES string of the molecule is Cc1ccc(F)c(CNc2cc(C(F)(F)F)ccc2F)c1. The molecule has 0 aliphatic heterocycles. The summed E-state index contributed by atoms with van der Waals surface area (Å²) in [6.07, 6.45) is -4.56. The van der Waals surface area contributed by atoms with Gasteiger partial charge in [0, 0.05) is 12.1 Å². The van der Waals surface area contributed by atoms with Crippen LogP contribution in [0.1, 0.15) is 16.7 Å². The summed E-state index contributed by atoms with van der Waals surface area (Å²) in [5, 5.41) is 2.49. The summed E-state index contributed by atoms with van der Waals surface area (Å²) in [7, 11) is 0. The van der Waals surface area contributed by atoms with Gasteiger partial charge in [-0.15, -0.1) is 0 Å². The zero-order chi connectivity index (χ0) is 15.6. The van der Waals surface area contributed by atoms with Crippen molar-refractivity contribution < 1.29 is 22.0 Å². The first-order valence-electron chi connectivity index (χ1n) is 6.13. The second-order valence-corrected chi connectivity index (χ2v) is 4.64. The molecule has 0 aliphatic carbocycles. The number of hydrogen-bond donors (Lipinski definition) is 1. The van der Waals surface area contributed by atoms with Crippen molar-refractivity contribution in [2.45, 2.75) is 19.6 Å². The standard InChI is InChI=1S/C15H12F5N/c1-9-2-4-12(16)10(6-9)8-21-14-7-11(15(18,19)20)3-5-13(14)17/h2-7,21H,8H2,1H3. The van der Waals surface area contributed by atoms with Gasteiger partial charge in [-0.25, -0.2) is 8.78 Å². The van der Waals surface area contributed by atoms with E-state index in [-0.39, 0.29) is 17.8 Å². The maximum absolute atomic E-state index is 13.5. The molecule has 0 radical (unpaired) electrons.